The second-order valence-electron chi connectivity index (χ2n) is 0.756. The lowest BCUT2D eigenvalue weighted by atomic mass is 11.0. The molecule has 1 nitrogen and oxygen atoms in total. The molecule has 1 radical (unpaired) electrons. The zero-order valence-corrected chi connectivity index (χ0v) is 5.78. The van der Waals surface area contributed by atoms with Gasteiger partial charge < -0.3 is 0 Å². The first-order valence-electron chi connectivity index (χ1n) is 1.37. The molecule has 0 unspecified atom stereocenters. The molecule has 31 valence electrons. The lowest BCUT2D eigenvalue weighted by molar-refractivity contribution is 1.40. The van der Waals surface area contributed by atoms with Crippen LogP contribution in [-0.4, -0.2) is 4.98 Å². The highest BCUT2D eigenvalue weighted by molar-refractivity contribution is 14.1. The largest absolute Gasteiger partial charge is 0.241 e. The maximum atomic E-state index is 3.71. The third-order valence-corrected chi connectivity index (χ3v) is 1.80. The molecule has 0 fully saturated rings. The normalized spacial score (nSPS) is 8.83. The van der Waals surface area contributed by atoms with E-state index in [2.05, 4.69) is 33.1 Å². The summed E-state index contributed by atoms with van der Waals surface area (Å²) in [5, 5.41) is 0. The third-order valence-electron chi connectivity index (χ3n) is 0.362. The molecule has 0 spiro atoms. The summed E-state index contributed by atoms with van der Waals surface area (Å²) in [7, 11) is 0. The van der Waals surface area contributed by atoms with Gasteiger partial charge in [0.25, 0.3) is 0 Å². The molecular formula is C3HINS. The number of halogens is 1. The first-order chi connectivity index (χ1) is 2.89. The molecule has 0 saturated carbocycles. The molecular weight excluding hydrogens is 209 g/mol. The molecule has 1 aromatic rings. The summed E-state index contributed by atoms with van der Waals surface area (Å²) in [6, 6.07) is 0. The van der Waals surface area contributed by atoms with Gasteiger partial charge in [-0.25, -0.2) is 4.98 Å². The Kier molecular flexibility index (Phi) is 1.42. The van der Waals surface area contributed by atoms with Crippen LogP contribution in [0.25, 0.3) is 0 Å². The van der Waals surface area contributed by atoms with Crippen molar-refractivity contribution in [3.63, 3.8) is 0 Å². The highest BCUT2D eigenvalue weighted by Crippen LogP contribution is 2.05. The summed E-state index contributed by atoms with van der Waals surface area (Å²) < 4.78 is 1.19. The molecule has 0 bridgehead atoms. The molecule has 0 aromatic carbocycles. The maximum Gasteiger partial charge on any atom is 0.153 e. The summed E-state index contributed by atoms with van der Waals surface area (Å²) in [4.78, 5) is 3.71. The van der Waals surface area contributed by atoms with Gasteiger partial charge in [0.15, 0.2) is 5.51 Å². The van der Waals surface area contributed by atoms with Crippen molar-refractivity contribution in [3.05, 3.63) is 14.6 Å². The van der Waals surface area contributed by atoms with E-state index in [-0.39, 0.29) is 0 Å². The second kappa shape index (κ2) is 1.88. The van der Waals surface area contributed by atoms with Gasteiger partial charge in [-0.05, 0) is 22.6 Å². The Morgan fingerprint density at radius 3 is 3.00 bits per heavy atom. The Morgan fingerprint density at radius 2 is 2.83 bits per heavy atom. The molecule has 1 heterocycles. The number of nitrogens with zero attached hydrogens (tertiary/aromatic N) is 1. The van der Waals surface area contributed by atoms with Gasteiger partial charge in [0.1, 0.15) is 0 Å². The SMILES string of the molecule is Ic1cn[c]s1. The van der Waals surface area contributed by atoms with Gasteiger partial charge in [-0.3, -0.25) is 0 Å². The monoisotopic (exact) mass is 210 g/mol. The van der Waals surface area contributed by atoms with E-state index in [9.17, 15) is 0 Å². The van der Waals surface area contributed by atoms with Crippen LogP contribution in [0.2, 0.25) is 0 Å². The predicted octanol–water partition coefficient (Wildman–Crippen LogP) is 1.55. The molecule has 0 atom stereocenters. The Bertz CT molecular complexity index is 114. The van der Waals surface area contributed by atoms with Crippen molar-refractivity contribution >= 4 is 33.9 Å². The molecule has 0 amide bonds. The van der Waals surface area contributed by atoms with Crippen LogP contribution < -0.4 is 0 Å². The van der Waals surface area contributed by atoms with Crippen molar-refractivity contribution in [1.82, 2.24) is 4.98 Å². The van der Waals surface area contributed by atoms with E-state index in [4.69, 9.17) is 0 Å². The molecule has 0 aliphatic rings. The van der Waals surface area contributed by atoms with E-state index < -0.39 is 0 Å². The van der Waals surface area contributed by atoms with Crippen molar-refractivity contribution < 1.29 is 0 Å². The fourth-order valence-corrected chi connectivity index (χ4v) is 0.906. The number of aromatic nitrogens is 1. The Balaban J connectivity index is 3.05. The smallest absolute Gasteiger partial charge is 0.153 e. The minimum atomic E-state index is 1.19. The van der Waals surface area contributed by atoms with Crippen molar-refractivity contribution in [1.29, 1.82) is 0 Å². The van der Waals surface area contributed by atoms with Gasteiger partial charge in [-0.1, -0.05) is 0 Å². The van der Waals surface area contributed by atoms with E-state index in [0.29, 0.717) is 0 Å². The predicted molar refractivity (Wildman–Crippen MR) is 33.7 cm³/mol. The lowest BCUT2D eigenvalue weighted by Gasteiger charge is -1.59. The molecule has 0 saturated heterocycles. The number of hydrogen-bond acceptors (Lipinski definition) is 2. The first-order valence-corrected chi connectivity index (χ1v) is 3.26. The minimum absolute atomic E-state index is 1.19. The summed E-state index contributed by atoms with van der Waals surface area (Å²) in [5.74, 6) is 0. The lowest BCUT2D eigenvalue weighted by Crippen LogP contribution is -1.46. The molecule has 0 aliphatic heterocycles. The second-order valence-corrected chi connectivity index (χ2v) is 3.48. The first kappa shape index (κ1) is 4.52. The van der Waals surface area contributed by atoms with Crippen molar-refractivity contribution in [2.75, 3.05) is 0 Å². The van der Waals surface area contributed by atoms with E-state index in [0.717, 1.165) is 0 Å². The molecule has 0 aliphatic carbocycles. The highest BCUT2D eigenvalue weighted by Gasteiger charge is 1.79. The minimum Gasteiger partial charge on any atom is -0.241 e. The van der Waals surface area contributed by atoms with E-state index in [1.807, 2.05) is 0 Å². The van der Waals surface area contributed by atoms with Crippen LogP contribution in [0.1, 0.15) is 0 Å². The topological polar surface area (TPSA) is 12.9 Å². The average molecular weight is 210 g/mol. The standard InChI is InChI=1S/C3HINS/c4-3-1-5-2-6-3/h1H. The number of rotatable bonds is 0. The number of thiazole rings is 1. The molecule has 3 heteroatoms. The van der Waals surface area contributed by atoms with Crippen LogP contribution in [0.5, 0.6) is 0 Å². The zero-order valence-electron chi connectivity index (χ0n) is 2.81. The van der Waals surface area contributed by atoms with Crippen molar-refractivity contribution in [2.45, 2.75) is 0 Å². The third kappa shape index (κ3) is 0.909. The Hall–Kier alpha value is 0.360. The summed E-state index contributed by atoms with van der Waals surface area (Å²) in [5.41, 5.74) is 2.71. The quantitative estimate of drug-likeness (QED) is 0.592. The molecule has 1 rings (SSSR count). The summed E-state index contributed by atoms with van der Waals surface area (Å²) in [6.07, 6.45) is 1.78. The number of hydrogen-bond donors (Lipinski definition) is 0. The van der Waals surface area contributed by atoms with Crippen LogP contribution >= 0.6 is 33.9 Å². The maximum absolute atomic E-state index is 3.71. The van der Waals surface area contributed by atoms with Gasteiger partial charge in [0, 0.05) is 0 Å². The van der Waals surface area contributed by atoms with Gasteiger partial charge in [0.05, 0.1) is 9.08 Å². The fourth-order valence-electron chi connectivity index (χ4n) is 0.173. The Morgan fingerprint density at radius 1 is 2.00 bits per heavy atom. The van der Waals surface area contributed by atoms with Crippen LogP contribution in [-0.2, 0) is 0 Å². The molecule has 1 aromatic heterocycles. The van der Waals surface area contributed by atoms with Gasteiger partial charge in [-0.15, -0.1) is 11.3 Å². The van der Waals surface area contributed by atoms with Crippen molar-refractivity contribution in [2.24, 2.45) is 0 Å². The van der Waals surface area contributed by atoms with E-state index >= 15 is 0 Å². The summed E-state index contributed by atoms with van der Waals surface area (Å²) >= 11 is 3.73. The van der Waals surface area contributed by atoms with Gasteiger partial charge in [0.2, 0.25) is 0 Å². The average Bonchev–Trinajstić information content (AvgIpc) is 1.86. The van der Waals surface area contributed by atoms with Crippen LogP contribution in [0.3, 0.4) is 0 Å². The van der Waals surface area contributed by atoms with Crippen LogP contribution in [0.4, 0.5) is 0 Å². The van der Waals surface area contributed by atoms with Gasteiger partial charge in [-0.2, -0.15) is 0 Å². The fraction of sp³-hybridized carbons (Fsp3) is 0. The molecule has 0 N–H and O–H groups in total. The highest BCUT2D eigenvalue weighted by atomic mass is 127. The van der Waals surface area contributed by atoms with E-state index in [1.165, 1.54) is 14.2 Å². The van der Waals surface area contributed by atoms with Crippen LogP contribution in [0, 0.1) is 8.39 Å². The molecule has 6 heavy (non-hydrogen) atoms. The zero-order chi connectivity index (χ0) is 4.41. The Labute approximate surface area is 53.6 Å². The van der Waals surface area contributed by atoms with Crippen LogP contribution in [0.15, 0.2) is 6.20 Å². The summed E-state index contributed by atoms with van der Waals surface area (Å²) in [6.45, 7) is 0. The van der Waals surface area contributed by atoms with E-state index in [1.54, 1.807) is 6.20 Å². The van der Waals surface area contributed by atoms with Crippen molar-refractivity contribution in [3.8, 4) is 0 Å². The van der Waals surface area contributed by atoms with Gasteiger partial charge >= 0.3 is 0 Å².